The van der Waals surface area contributed by atoms with Gasteiger partial charge in [-0.3, -0.25) is 0 Å². The third kappa shape index (κ3) is 3.73. The molecule has 1 heterocycles. The molecule has 0 radical (unpaired) electrons. The Labute approximate surface area is 126 Å². The van der Waals surface area contributed by atoms with Crippen LogP contribution in [0.25, 0.3) is 0 Å². The molecule has 2 rings (SSSR count). The summed E-state index contributed by atoms with van der Waals surface area (Å²) in [6.07, 6.45) is 3.60. The van der Waals surface area contributed by atoms with E-state index < -0.39 is 0 Å². The summed E-state index contributed by atoms with van der Waals surface area (Å²) in [4.78, 5) is 0. The smallest absolute Gasteiger partial charge is 0.165 e. The number of ether oxygens (including phenoxy) is 1. The number of piperidine rings is 1. The molecule has 0 aromatic heterocycles. The van der Waals surface area contributed by atoms with Gasteiger partial charge in [-0.25, -0.2) is 14.8 Å². The van der Waals surface area contributed by atoms with Gasteiger partial charge in [0.1, 0.15) is 0 Å². The summed E-state index contributed by atoms with van der Waals surface area (Å²) in [6.45, 7) is 4.84. The van der Waals surface area contributed by atoms with Gasteiger partial charge in [-0.15, -0.1) is 0 Å². The van der Waals surface area contributed by atoms with Crippen LogP contribution in [0.4, 0.5) is 4.39 Å². The van der Waals surface area contributed by atoms with Crippen molar-refractivity contribution in [3.63, 3.8) is 0 Å². The molecule has 0 spiro atoms. The Hall–Kier alpha value is -1.17. The summed E-state index contributed by atoms with van der Waals surface area (Å²) in [5.41, 5.74) is 10.2. The fourth-order valence-electron chi connectivity index (χ4n) is 3.02. The lowest BCUT2D eigenvalue weighted by Crippen LogP contribution is -2.54. The van der Waals surface area contributed by atoms with Crippen LogP contribution in [0.3, 0.4) is 0 Å². The van der Waals surface area contributed by atoms with Gasteiger partial charge in [-0.2, -0.15) is 0 Å². The summed E-state index contributed by atoms with van der Waals surface area (Å²) in [6, 6.07) is 5.86. The quantitative estimate of drug-likeness (QED) is 0.876. The molecule has 1 saturated heterocycles. The largest absolute Gasteiger partial charge is 0.494 e. The lowest BCUT2D eigenvalue weighted by atomic mass is 9.99. The number of methoxy groups -OCH3 is 1. The maximum atomic E-state index is 13.9. The van der Waals surface area contributed by atoms with Crippen molar-refractivity contribution in [1.29, 1.82) is 0 Å². The Balaban J connectivity index is 2.13. The van der Waals surface area contributed by atoms with Crippen LogP contribution in [0, 0.1) is 5.82 Å². The summed E-state index contributed by atoms with van der Waals surface area (Å²) in [5.74, 6) is -0.0933. The molecule has 1 aromatic carbocycles. The summed E-state index contributed by atoms with van der Waals surface area (Å²) in [7, 11) is 1.47. The van der Waals surface area contributed by atoms with E-state index in [0.29, 0.717) is 18.6 Å². The van der Waals surface area contributed by atoms with E-state index in [1.807, 2.05) is 6.07 Å². The number of rotatable bonds is 5. The van der Waals surface area contributed by atoms with Crippen LogP contribution in [0.5, 0.6) is 5.75 Å². The standard InChI is InChI=1S/C16H26FN3O/c1-11-5-4-6-12(2)20(11)19-15(10-18)13-7-8-16(21-3)14(17)9-13/h7-9,11-12,15,19H,4-6,10,18H2,1-3H3. The zero-order valence-corrected chi connectivity index (χ0v) is 13.1. The Morgan fingerprint density at radius 3 is 2.57 bits per heavy atom. The molecule has 3 N–H and O–H groups in total. The minimum atomic E-state index is -0.352. The molecule has 1 aliphatic heterocycles. The van der Waals surface area contributed by atoms with Gasteiger partial charge >= 0.3 is 0 Å². The van der Waals surface area contributed by atoms with Gasteiger partial charge in [0.15, 0.2) is 11.6 Å². The van der Waals surface area contributed by atoms with Crippen molar-refractivity contribution in [3.8, 4) is 5.75 Å². The number of nitrogens with zero attached hydrogens (tertiary/aromatic N) is 1. The Kier molecular flexibility index (Phi) is 5.56. The molecule has 0 aliphatic carbocycles. The minimum Gasteiger partial charge on any atom is -0.494 e. The summed E-state index contributed by atoms with van der Waals surface area (Å²) < 4.78 is 18.8. The molecule has 4 nitrogen and oxygen atoms in total. The van der Waals surface area contributed by atoms with Crippen molar-refractivity contribution in [2.75, 3.05) is 13.7 Å². The number of hydrogen-bond acceptors (Lipinski definition) is 4. The van der Waals surface area contributed by atoms with Crippen molar-refractivity contribution in [2.24, 2.45) is 5.73 Å². The van der Waals surface area contributed by atoms with Crippen molar-refractivity contribution in [1.82, 2.24) is 10.4 Å². The maximum Gasteiger partial charge on any atom is 0.165 e. The molecule has 1 aliphatic rings. The van der Waals surface area contributed by atoms with Crippen LogP contribution in [-0.2, 0) is 0 Å². The second kappa shape index (κ2) is 7.20. The molecule has 1 aromatic rings. The van der Waals surface area contributed by atoms with Crippen LogP contribution >= 0.6 is 0 Å². The van der Waals surface area contributed by atoms with E-state index in [1.54, 1.807) is 6.07 Å². The topological polar surface area (TPSA) is 50.5 Å². The molecule has 0 amide bonds. The molecule has 0 bridgehead atoms. The van der Waals surface area contributed by atoms with E-state index in [0.717, 1.165) is 5.56 Å². The van der Waals surface area contributed by atoms with Gasteiger partial charge in [-0.05, 0) is 44.4 Å². The average Bonchev–Trinajstić information content (AvgIpc) is 2.47. The highest BCUT2D eigenvalue weighted by molar-refractivity contribution is 5.31. The Morgan fingerprint density at radius 1 is 1.38 bits per heavy atom. The van der Waals surface area contributed by atoms with Crippen LogP contribution < -0.4 is 15.9 Å². The first kappa shape index (κ1) is 16.2. The molecule has 5 heteroatoms. The van der Waals surface area contributed by atoms with E-state index >= 15 is 0 Å². The Bertz CT molecular complexity index is 459. The second-order valence-corrected chi connectivity index (χ2v) is 5.85. The number of nitrogens with one attached hydrogen (secondary N) is 1. The second-order valence-electron chi connectivity index (χ2n) is 5.85. The molecule has 21 heavy (non-hydrogen) atoms. The molecular weight excluding hydrogens is 269 g/mol. The number of hydrazine groups is 1. The lowest BCUT2D eigenvalue weighted by Gasteiger charge is -2.41. The number of benzene rings is 1. The molecule has 118 valence electrons. The zero-order valence-electron chi connectivity index (χ0n) is 13.1. The van der Waals surface area contributed by atoms with E-state index in [-0.39, 0.29) is 17.6 Å². The first-order valence-corrected chi connectivity index (χ1v) is 7.64. The van der Waals surface area contributed by atoms with Gasteiger partial charge in [0.05, 0.1) is 13.2 Å². The molecule has 3 unspecified atom stereocenters. The van der Waals surface area contributed by atoms with Crippen LogP contribution in [-0.4, -0.2) is 30.7 Å². The fourth-order valence-corrected chi connectivity index (χ4v) is 3.02. The lowest BCUT2D eigenvalue weighted by molar-refractivity contribution is 0.0304. The van der Waals surface area contributed by atoms with E-state index in [9.17, 15) is 4.39 Å². The van der Waals surface area contributed by atoms with Gasteiger partial charge < -0.3 is 10.5 Å². The summed E-state index contributed by atoms with van der Waals surface area (Å²) >= 11 is 0. The minimum absolute atomic E-state index is 0.0894. The SMILES string of the molecule is COc1ccc(C(CN)NN2C(C)CCCC2C)cc1F. The van der Waals surface area contributed by atoms with Crippen LogP contribution in [0.2, 0.25) is 0 Å². The fraction of sp³-hybridized carbons (Fsp3) is 0.625. The average molecular weight is 295 g/mol. The third-order valence-corrected chi connectivity index (χ3v) is 4.31. The Morgan fingerprint density at radius 2 is 2.05 bits per heavy atom. The highest BCUT2D eigenvalue weighted by Gasteiger charge is 2.27. The first-order chi connectivity index (χ1) is 10.1. The highest BCUT2D eigenvalue weighted by Crippen LogP contribution is 2.25. The number of hydrogen-bond donors (Lipinski definition) is 2. The van der Waals surface area contributed by atoms with E-state index in [4.69, 9.17) is 10.5 Å². The van der Waals surface area contributed by atoms with Crippen molar-refractivity contribution >= 4 is 0 Å². The van der Waals surface area contributed by atoms with Gasteiger partial charge in [0.25, 0.3) is 0 Å². The monoisotopic (exact) mass is 295 g/mol. The number of nitrogens with two attached hydrogens (primary N) is 1. The zero-order chi connectivity index (χ0) is 15.4. The van der Waals surface area contributed by atoms with Gasteiger partial charge in [-0.1, -0.05) is 12.5 Å². The van der Waals surface area contributed by atoms with Crippen molar-refractivity contribution in [2.45, 2.75) is 51.2 Å². The normalized spacial score (nSPS) is 24.8. The predicted molar refractivity (Wildman–Crippen MR) is 82.5 cm³/mol. The number of halogens is 1. The highest BCUT2D eigenvalue weighted by atomic mass is 19.1. The molecule has 3 atom stereocenters. The van der Waals surface area contributed by atoms with Crippen molar-refractivity contribution < 1.29 is 9.13 Å². The first-order valence-electron chi connectivity index (χ1n) is 7.64. The van der Waals surface area contributed by atoms with Crippen molar-refractivity contribution in [3.05, 3.63) is 29.6 Å². The molecule has 0 saturated carbocycles. The predicted octanol–water partition coefficient (Wildman–Crippen LogP) is 2.60. The molecule has 1 fully saturated rings. The van der Waals surface area contributed by atoms with Crippen LogP contribution in [0.1, 0.15) is 44.7 Å². The van der Waals surface area contributed by atoms with E-state index in [1.165, 1.54) is 32.4 Å². The van der Waals surface area contributed by atoms with Gasteiger partial charge in [0, 0.05) is 18.6 Å². The van der Waals surface area contributed by atoms with Crippen LogP contribution in [0.15, 0.2) is 18.2 Å². The maximum absolute atomic E-state index is 13.9. The van der Waals surface area contributed by atoms with Gasteiger partial charge in [0.2, 0.25) is 0 Å². The third-order valence-electron chi connectivity index (χ3n) is 4.31. The summed E-state index contributed by atoms with van der Waals surface area (Å²) in [5, 5.41) is 2.27. The van der Waals surface area contributed by atoms with E-state index in [2.05, 4.69) is 24.3 Å². The molecular formula is C16H26FN3O.